The maximum absolute atomic E-state index is 4.15. The molecule has 0 aliphatic carbocycles. The van der Waals surface area contributed by atoms with E-state index in [2.05, 4.69) is 32.2 Å². The summed E-state index contributed by atoms with van der Waals surface area (Å²) in [7, 11) is 0. The minimum atomic E-state index is 1.07. The Kier molecular flexibility index (Phi) is 5.88. The second-order valence-corrected chi connectivity index (χ2v) is 2.56. The lowest BCUT2D eigenvalue weighted by atomic mass is 10.2. The Morgan fingerprint density at radius 3 is 2.62 bits per heavy atom. The average molecular weight is 148 g/mol. The van der Waals surface area contributed by atoms with Gasteiger partial charge in [-0.25, -0.2) is 0 Å². The van der Waals surface area contributed by atoms with Crippen LogP contribution in [0.1, 0.15) is 26.2 Å². The molecule has 0 aromatic heterocycles. The smallest absolute Gasteiger partial charge is 0.0124 e. The van der Waals surface area contributed by atoms with Crippen LogP contribution in [-0.4, -0.2) is 0 Å². The number of hydrogen-bond acceptors (Lipinski definition) is 2. The molecule has 0 aliphatic rings. The van der Waals surface area contributed by atoms with Gasteiger partial charge in [0.25, 0.3) is 0 Å². The molecular weight excluding hydrogens is 136 g/mol. The van der Waals surface area contributed by atoms with E-state index in [1.165, 1.54) is 12.8 Å². The van der Waals surface area contributed by atoms with Crippen molar-refractivity contribution in [3.05, 3.63) is 10.3 Å². The van der Waals surface area contributed by atoms with Gasteiger partial charge in [0.05, 0.1) is 0 Å². The zero-order chi connectivity index (χ0) is 6.41. The van der Waals surface area contributed by atoms with E-state index in [0.717, 1.165) is 11.3 Å². The summed E-state index contributed by atoms with van der Waals surface area (Å²) in [4.78, 5) is 1.08. The Morgan fingerprint density at radius 2 is 2.25 bits per heavy atom. The van der Waals surface area contributed by atoms with Crippen molar-refractivity contribution in [1.29, 1.82) is 0 Å². The standard InChI is InChI=1S/C6H12S2/c1-2-3-4-6(8)5-7/h5,7-8H,2-4H2,1H3/b6-5-. The predicted octanol–water partition coefficient (Wildman–Crippen LogP) is 2.88. The molecule has 0 heterocycles. The lowest BCUT2D eigenvalue weighted by Gasteiger charge is -1.93. The van der Waals surface area contributed by atoms with Crippen LogP contribution in [0.2, 0.25) is 0 Å². The van der Waals surface area contributed by atoms with E-state index >= 15 is 0 Å². The van der Waals surface area contributed by atoms with Gasteiger partial charge >= 0.3 is 0 Å². The minimum Gasteiger partial charge on any atom is -0.151 e. The summed E-state index contributed by atoms with van der Waals surface area (Å²) in [5.41, 5.74) is 0. The number of allylic oxidation sites excluding steroid dienone is 1. The lowest BCUT2D eigenvalue weighted by Crippen LogP contribution is -1.70. The monoisotopic (exact) mass is 148 g/mol. The fourth-order valence-corrected chi connectivity index (χ4v) is 0.710. The molecule has 0 unspecified atom stereocenters. The first-order chi connectivity index (χ1) is 3.81. The van der Waals surface area contributed by atoms with Crippen LogP contribution in [0.3, 0.4) is 0 Å². The molecule has 0 aliphatic heterocycles. The largest absolute Gasteiger partial charge is 0.151 e. The first-order valence-corrected chi connectivity index (χ1v) is 3.79. The molecule has 0 saturated heterocycles. The molecule has 0 spiro atoms. The van der Waals surface area contributed by atoms with Crippen molar-refractivity contribution in [3.63, 3.8) is 0 Å². The van der Waals surface area contributed by atoms with E-state index in [-0.39, 0.29) is 0 Å². The van der Waals surface area contributed by atoms with Crippen molar-refractivity contribution in [1.82, 2.24) is 0 Å². The van der Waals surface area contributed by atoms with E-state index in [1.807, 2.05) is 0 Å². The molecule has 0 atom stereocenters. The van der Waals surface area contributed by atoms with Gasteiger partial charge in [0.2, 0.25) is 0 Å². The highest BCUT2D eigenvalue weighted by Gasteiger charge is 1.85. The summed E-state index contributed by atoms with van der Waals surface area (Å²) in [5.74, 6) is 0. The van der Waals surface area contributed by atoms with E-state index < -0.39 is 0 Å². The fourth-order valence-electron chi connectivity index (χ4n) is 0.422. The van der Waals surface area contributed by atoms with Crippen LogP contribution in [0.25, 0.3) is 0 Å². The van der Waals surface area contributed by atoms with Crippen molar-refractivity contribution in [2.24, 2.45) is 0 Å². The van der Waals surface area contributed by atoms with Crippen LogP contribution in [0.4, 0.5) is 0 Å². The Morgan fingerprint density at radius 1 is 1.62 bits per heavy atom. The quantitative estimate of drug-likeness (QED) is 0.565. The van der Waals surface area contributed by atoms with Gasteiger partial charge in [-0.2, -0.15) is 12.6 Å². The Balaban J connectivity index is 3.12. The highest BCUT2D eigenvalue weighted by molar-refractivity contribution is 7.87. The molecule has 2 heteroatoms. The van der Waals surface area contributed by atoms with E-state index in [9.17, 15) is 0 Å². The van der Waals surface area contributed by atoms with Crippen LogP contribution in [0, 0.1) is 0 Å². The van der Waals surface area contributed by atoms with Gasteiger partial charge in [0.15, 0.2) is 0 Å². The van der Waals surface area contributed by atoms with Crippen molar-refractivity contribution in [2.75, 3.05) is 0 Å². The van der Waals surface area contributed by atoms with Gasteiger partial charge in [-0.15, -0.1) is 12.6 Å². The zero-order valence-electron chi connectivity index (χ0n) is 5.09. The van der Waals surface area contributed by atoms with Crippen molar-refractivity contribution in [3.8, 4) is 0 Å². The van der Waals surface area contributed by atoms with Crippen LogP contribution in [0.5, 0.6) is 0 Å². The van der Waals surface area contributed by atoms with Gasteiger partial charge in [-0.1, -0.05) is 13.3 Å². The van der Waals surface area contributed by atoms with Gasteiger partial charge < -0.3 is 0 Å². The van der Waals surface area contributed by atoms with E-state index in [0.29, 0.717) is 0 Å². The Labute approximate surface area is 62.2 Å². The third-order valence-corrected chi connectivity index (χ3v) is 1.80. The molecule has 0 N–H and O–H groups in total. The number of hydrogen-bond donors (Lipinski definition) is 2. The lowest BCUT2D eigenvalue weighted by molar-refractivity contribution is 0.810. The molecule has 0 rings (SSSR count). The third kappa shape index (κ3) is 4.60. The SMILES string of the molecule is CCCC/C(S)=C/S. The van der Waals surface area contributed by atoms with E-state index in [1.54, 1.807) is 5.41 Å². The Bertz CT molecular complexity index is 76.6. The first kappa shape index (κ1) is 8.44. The van der Waals surface area contributed by atoms with Crippen LogP contribution in [-0.2, 0) is 0 Å². The van der Waals surface area contributed by atoms with Crippen molar-refractivity contribution >= 4 is 25.3 Å². The van der Waals surface area contributed by atoms with Crippen molar-refractivity contribution < 1.29 is 0 Å². The maximum atomic E-state index is 4.15. The van der Waals surface area contributed by atoms with Gasteiger partial charge in [0.1, 0.15) is 0 Å². The molecule has 0 aromatic carbocycles. The molecule has 0 amide bonds. The van der Waals surface area contributed by atoms with Gasteiger partial charge in [0, 0.05) is 0 Å². The normalized spacial score (nSPS) is 12.1. The Hall–Kier alpha value is 0.440. The molecule has 0 aromatic rings. The highest BCUT2D eigenvalue weighted by Crippen LogP contribution is 2.10. The van der Waals surface area contributed by atoms with Crippen LogP contribution in [0.15, 0.2) is 10.3 Å². The number of rotatable bonds is 3. The molecule has 8 heavy (non-hydrogen) atoms. The third-order valence-electron chi connectivity index (χ3n) is 0.935. The minimum absolute atomic E-state index is 1.07. The number of thiol groups is 2. The molecule has 0 bridgehead atoms. The number of unbranched alkanes of at least 4 members (excludes halogenated alkanes) is 1. The predicted molar refractivity (Wildman–Crippen MR) is 45.6 cm³/mol. The van der Waals surface area contributed by atoms with Crippen molar-refractivity contribution in [2.45, 2.75) is 26.2 Å². The van der Waals surface area contributed by atoms with Crippen LogP contribution < -0.4 is 0 Å². The van der Waals surface area contributed by atoms with E-state index in [4.69, 9.17) is 0 Å². The van der Waals surface area contributed by atoms with Gasteiger partial charge in [-0.05, 0) is 23.2 Å². The second-order valence-electron chi connectivity index (χ2n) is 1.72. The maximum Gasteiger partial charge on any atom is -0.0124 e. The summed E-state index contributed by atoms with van der Waals surface area (Å²) in [6.07, 6.45) is 3.52. The molecule has 48 valence electrons. The molecular formula is C6H12S2. The fraction of sp³-hybridized carbons (Fsp3) is 0.667. The summed E-state index contributed by atoms with van der Waals surface area (Å²) >= 11 is 8.10. The summed E-state index contributed by atoms with van der Waals surface area (Å²) in [6, 6.07) is 0. The molecule has 0 radical (unpaired) electrons. The second kappa shape index (κ2) is 5.57. The average Bonchev–Trinajstić information content (AvgIpc) is 1.83. The first-order valence-electron chi connectivity index (χ1n) is 2.83. The molecule has 0 saturated carbocycles. The van der Waals surface area contributed by atoms with Crippen LogP contribution >= 0.6 is 25.3 Å². The highest BCUT2D eigenvalue weighted by atomic mass is 32.1. The molecule has 0 nitrogen and oxygen atoms in total. The summed E-state index contributed by atoms with van der Waals surface area (Å²) < 4.78 is 0. The summed E-state index contributed by atoms with van der Waals surface area (Å²) in [5, 5.41) is 1.75. The summed E-state index contributed by atoms with van der Waals surface area (Å²) in [6.45, 7) is 2.17. The van der Waals surface area contributed by atoms with Gasteiger partial charge in [-0.3, -0.25) is 0 Å². The zero-order valence-corrected chi connectivity index (χ0v) is 6.88. The molecule has 0 fully saturated rings. The topological polar surface area (TPSA) is 0 Å².